The second-order valence-electron chi connectivity index (χ2n) is 3.86. The van der Waals surface area contributed by atoms with Gasteiger partial charge in [0.25, 0.3) is 0 Å². The number of hydrogen-bond donors (Lipinski definition) is 1. The molecule has 0 spiro atoms. The highest BCUT2D eigenvalue weighted by Gasteiger charge is 2.27. The Morgan fingerprint density at radius 3 is 2.93 bits per heavy atom. The first-order chi connectivity index (χ1) is 7.11. The maximum absolute atomic E-state index is 10.2. The molecule has 0 amide bonds. The predicted octanol–water partition coefficient (Wildman–Crippen LogP) is 0.932. The molecule has 0 aliphatic heterocycles. The molecule has 0 aromatic carbocycles. The van der Waals surface area contributed by atoms with Crippen LogP contribution >= 0.6 is 0 Å². The maximum atomic E-state index is 10.2. The van der Waals surface area contributed by atoms with Gasteiger partial charge in [-0.3, -0.25) is 0 Å². The largest absolute Gasteiger partial charge is 0.385 e. The van der Waals surface area contributed by atoms with E-state index in [1.165, 1.54) is 0 Å². The molecule has 5 heteroatoms. The second-order valence-corrected chi connectivity index (χ2v) is 3.86. The van der Waals surface area contributed by atoms with Crippen LogP contribution in [-0.4, -0.2) is 33.8 Å². The van der Waals surface area contributed by atoms with Crippen molar-refractivity contribution in [1.29, 1.82) is 0 Å². The van der Waals surface area contributed by atoms with Crippen molar-refractivity contribution in [1.82, 2.24) is 15.0 Å². The molecule has 5 nitrogen and oxygen atoms in total. The Kier molecular flexibility index (Phi) is 4.23. The summed E-state index contributed by atoms with van der Waals surface area (Å²) in [6.07, 6.45) is 3.13. The first-order valence-electron chi connectivity index (χ1n) is 5.22. The van der Waals surface area contributed by atoms with Gasteiger partial charge in [0, 0.05) is 26.7 Å². The Bertz CT molecular complexity index is 297. The molecule has 86 valence electrons. The quantitative estimate of drug-likeness (QED) is 0.763. The van der Waals surface area contributed by atoms with Gasteiger partial charge < -0.3 is 9.84 Å². The van der Waals surface area contributed by atoms with Crippen LogP contribution in [0.15, 0.2) is 6.20 Å². The van der Waals surface area contributed by atoms with Crippen molar-refractivity contribution in [3.63, 3.8) is 0 Å². The molecule has 0 radical (unpaired) electrons. The van der Waals surface area contributed by atoms with Gasteiger partial charge in [0.2, 0.25) is 0 Å². The van der Waals surface area contributed by atoms with Gasteiger partial charge in [-0.15, -0.1) is 5.10 Å². The second kappa shape index (κ2) is 5.23. The Morgan fingerprint density at radius 2 is 2.33 bits per heavy atom. The molecule has 0 fully saturated rings. The molecule has 0 bridgehead atoms. The number of aryl methyl sites for hydroxylation is 1. The Labute approximate surface area is 90.1 Å². The fourth-order valence-electron chi connectivity index (χ4n) is 1.48. The van der Waals surface area contributed by atoms with Gasteiger partial charge in [-0.05, 0) is 13.3 Å². The van der Waals surface area contributed by atoms with Crippen molar-refractivity contribution in [2.45, 2.75) is 38.8 Å². The fraction of sp³-hybridized carbons (Fsp3) is 0.800. The van der Waals surface area contributed by atoms with Crippen molar-refractivity contribution >= 4 is 0 Å². The summed E-state index contributed by atoms with van der Waals surface area (Å²) >= 11 is 0. The van der Waals surface area contributed by atoms with E-state index in [0.717, 1.165) is 18.7 Å². The van der Waals surface area contributed by atoms with E-state index in [0.29, 0.717) is 13.0 Å². The average Bonchev–Trinajstić information content (AvgIpc) is 2.64. The van der Waals surface area contributed by atoms with Crippen LogP contribution in [0.4, 0.5) is 0 Å². The third-order valence-corrected chi connectivity index (χ3v) is 2.40. The van der Waals surface area contributed by atoms with Gasteiger partial charge in [-0.25, -0.2) is 4.68 Å². The molecule has 1 rings (SSSR count). The standard InChI is InChI=1S/C10H19N3O2/c1-4-6-13-9(8-11-12-13)10(2,14)5-7-15-3/h8,14H,4-7H2,1-3H3. The molecule has 0 saturated carbocycles. The first kappa shape index (κ1) is 12.1. The monoisotopic (exact) mass is 213 g/mol. The molecule has 0 aliphatic rings. The van der Waals surface area contributed by atoms with Gasteiger partial charge >= 0.3 is 0 Å². The van der Waals surface area contributed by atoms with Gasteiger partial charge in [-0.1, -0.05) is 12.1 Å². The van der Waals surface area contributed by atoms with Crippen molar-refractivity contribution < 1.29 is 9.84 Å². The average molecular weight is 213 g/mol. The van der Waals surface area contributed by atoms with E-state index in [2.05, 4.69) is 17.2 Å². The van der Waals surface area contributed by atoms with Gasteiger partial charge in [0.1, 0.15) is 5.60 Å². The number of hydrogen-bond acceptors (Lipinski definition) is 4. The van der Waals surface area contributed by atoms with Crippen molar-refractivity contribution in [2.75, 3.05) is 13.7 Å². The molecule has 1 aromatic rings. The molecular weight excluding hydrogens is 194 g/mol. The van der Waals surface area contributed by atoms with E-state index in [9.17, 15) is 5.11 Å². The summed E-state index contributed by atoms with van der Waals surface area (Å²) in [6, 6.07) is 0. The number of rotatable bonds is 6. The van der Waals surface area contributed by atoms with Crippen LogP contribution in [0, 0.1) is 0 Å². The molecule has 1 atom stereocenters. The van der Waals surface area contributed by atoms with E-state index in [1.54, 1.807) is 24.9 Å². The lowest BCUT2D eigenvalue weighted by atomic mass is 9.99. The molecular formula is C10H19N3O2. The van der Waals surface area contributed by atoms with Crippen molar-refractivity contribution in [3.8, 4) is 0 Å². The highest BCUT2D eigenvalue weighted by atomic mass is 16.5. The molecule has 15 heavy (non-hydrogen) atoms. The summed E-state index contributed by atoms with van der Waals surface area (Å²) in [7, 11) is 1.62. The van der Waals surface area contributed by atoms with E-state index in [4.69, 9.17) is 4.74 Å². The first-order valence-corrected chi connectivity index (χ1v) is 5.22. The SMILES string of the molecule is CCCn1nncc1C(C)(O)CCOC. The van der Waals surface area contributed by atoms with Crippen molar-refractivity contribution in [3.05, 3.63) is 11.9 Å². The van der Waals surface area contributed by atoms with E-state index >= 15 is 0 Å². The third-order valence-electron chi connectivity index (χ3n) is 2.40. The molecule has 1 heterocycles. The number of nitrogens with zero attached hydrogens (tertiary/aromatic N) is 3. The Balaban J connectivity index is 2.78. The van der Waals surface area contributed by atoms with Crippen LogP contribution in [0.25, 0.3) is 0 Å². The Hall–Kier alpha value is -0.940. The molecule has 0 saturated heterocycles. The van der Waals surface area contributed by atoms with Crippen molar-refractivity contribution in [2.24, 2.45) is 0 Å². The third kappa shape index (κ3) is 3.00. The van der Waals surface area contributed by atoms with Gasteiger partial charge in [-0.2, -0.15) is 0 Å². The highest BCUT2D eigenvalue weighted by Crippen LogP contribution is 2.23. The minimum atomic E-state index is -0.922. The Morgan fingerprint density at radius 1 is 1.60 bits per heavy atom. The zero-order valence-corrected chi connectivity index (χ0v) is 9.60. The summed E-state index contributed by atoms with van der Waals surface area (Å²) in [5.41, 5.74) is -0.171. The fourth-order valence-corrected chi connectivity index (χ4v) is 1.48. The summed E-state index contributed by atoms with van der Waals surface area (Å²) in [6.45, 7) is 5.12. The highest BCUT2D eigenvalue weighted by molar-refractivity contribution is 5.06. The number of aromatic nitrogens is 3. The van der Waals surface area contributed by atoms with E-state index in [1.807, 2.05) is 0 Å². The maximum Gasteiger partial charge on any atom is 0.107 e. The van der Waals surface area contributed by atoms with Crippen LogP contribution in [0.2, 0.25) is 0 Å². The number of methoxy groups -OCH3 is 1. The summed E-state index contributed by atoms with van der Waals surface area (Å²) in [4.78, 5) is 0. The summed E-state index contributed by atoms with van der Waals surface area (Å²) in [5.74, 6) is 0. The normalized spacial score (nSPS) is 15.2. The minimum absolute atomic E-state index is 0.518. The predicted molar refractivity (Wildman–Crippen MR) is 56.4 cm³/mol. The topological polar surface area (TPSA) is 60.2 Å². The van der Waals surface area contributed by atoms with Gasteiger partial charge in [0.05, 0.1) is 11.9 Å². The van der Waals surface area contributed by atoms with Crippen LogP contribution in [-0.2, 0) is 16.9 Å². The summed E-state index contributed by atoms with van der Waals surface area (Å²) in [5, 5.41) is 18.0. The summed E-state index contributed by atoms with van der Waals surface area (Å²) < 4.78 is 6.71. The van der Waals surface area contributed by atoms with Crippen LogP contribution in [0.3, 0.4) is 0 Å². The zero-order chi connectivity index (χ0) is 11.3. The lowest BCUT2D eigenvalue weighted by Crippen LogP contribution is -2.27. The molecule has 1 aromatic heterocycles. The molecule has 0 aliphatic carbocycles. The number of aliphatic hydroxyl groups is 1. The van der Waals surface area contributed by atoms with Crippen LogP contribution in [0.1, 0.15) is 32.4 Å². The van der Waals surface area contributed by atoms with Crippen LogP contribution in [0.5, 0.6) is 0 Å². The number of ether oxygens (including phenoxy) is 1. The minimum Gasteiger partial charge on any atom is -0.385 e. The van der Waals surface area contributed by atoms with E-state index in [-0.39, 0.29) is 0 Å². The van der Waals surface area contributed by atoms with E-state index < -0.39 is 5.60 Å². The lowest BCUT2D eigenvalue weighted by Gasteiger charge is -2.23. The van der Waals surface area contributed by atoms with Crippen LogP contribution < -0.4 is 0 Å². The lowest BCUT2D eigenvalue weighted by molar-refractivity contribution is 0.0134. The van der Waals surface area contributed by atoms with Gasteiger partial charge in [0.15, 0.2) is 0 Å². The smallest absolute Gasteiger partial charge is 0.107 e. The molecule has 1 unspecified atom stereocenters. The zero-order valence-electron chi connectivity index (χ0n) is 9.60. The molecule has 1 N–H and O–H groups in total.